The first-order valence-electron chi connectivity index (χ1n) is 6.89. The maximum atomic E-state index is 14.2. The first-order valence-corrected chi connectivity index (χ1v) is 6.89. The number of primary amides is 1. The largest absolute Gasteiger partial charge is 0.381 e. The van der Waals surface area contributed by atoms with E-state index in [9.17, 15) is 9.18 Å². The molecule has 2 fully saturated rings. The molecule has 2 heterocycles. The Morgan fingerprint density at radius 2 is 2.38 bits per heavy atom. The lowest BCUT2D eigenvalue weighted by Gasteiger charge is -2.35. The van der Waals surface area contributed by atoms with Gasteiger partial charge in [-0.1, -0.05) is 0 Å². The van der Waals surface area contributed by atoms with E-state index in [1.807, 2.05) is 11.0 Å². The first-order chi connectivity index (χ1) is 10.1. The number of fused-ring (bicyclic) bond motifs is 1. The van der Waals surface area contributed by atoms with Crippen LogP contribution in [0.2, 0.25) is 0 Å². The van der Waals surface area contributed by atoms with Gasteiger partial charge in [-0.25, -0.2) is 4.39 Å². The van der Waals surface area contributed by atoms with Crippen LogP contribution in [-0.2, 0) is 9.53 Å². The quantitative estimate of drug-likeness (QED) is 0.881. The maximum Gasteiger partial charge on any atom is 0.225 e. The summed E-state index contributed by atoms with van der Waals surface area (Å²) < 4.78 is 19.6. The molecule has 6 heteroatoms. The van der Waals surface area contributed by atoms with Crippen molar-refractivity contribution in [2.24, 2.45) is 17.1 Å². The van der Waals surface area contributed by atoms with E-state index >= 15 is 0 Å². The zero-order valence-electron chi connectivity index (χ0n) is 11.5. The van der Waals surface area contributed by atoms with Crippen LogP contribution in [0, 0.1) is 28.5 Å². The van der Waals surface area contributed by atoms with E-state index in [0.717, 1.165) is 0 Å². The van der Waals surface area contributed by atoms with E-state index in [-0.39, 0.29) is 17.4 Å². The molecule has 2 atom stereocenters. The number of ether oxygens (including phenoxy) is 1. The smallest absolute Gasteiger partial charge is 0.225 e. The SMILES string of the molecule is N#Cc1ccc(N2C[C@@H]3COCC[C@]3(C(N)=O)C2)c(F)c1. The molecule has 0 saturated carbocycles. The molecule has 3 rings (SSSR count). The third kappa shape index (κ3) is 2.14. The highest BCUT2D eigenvalue weighted by atomic mass is 19.1. The highest BCUT2D eigenvalue weighted by Crippen LogP contribution is 2.43. The summed E-state index contributed by atoms with van der Waals surface area (Å²) in [5.41, 5.74) is 5.65. The van der Waals surface area contributed by atoms with E-state index in [1.165, 1.54) is 6.07 Å². The van der Waals surface area contributed by atoms with Gasteiger partial charge in [0, 0.05) is 25.6 Å². The molecule has 0 spiro atoms. The Bertz CT molecular complexity index is 628. The number of nitrogens with zero attached hydrogens (tertiary/aromatic N) is 2. The topological polar surface area (TPSA) is 79.3 Å². The number of nitriles is 1. The summed E-state index contributed by atoms with van der Waals surface area (Å²) in [5, 5.41) is 8.79. The highest BCUT2D eigenvalue weighted by Gasteiger charge is 2.52. The highest BCUT2D eigenvalue weighted by molar-refractivity contribution is 5.83. The number of anilines is 1. The second kappa shape index (κ2) is 5.01. The van der Waals surface area contributed by atoms with E-state index in [0.29, 0.717) is 38.4 Å². The van der Waals surface area contributed by atoms with Gasteiger partial charge in [-0.2, -0.15) is 5.26 Å². The van der Waals surface area contributed by atoms with Crippen molar-refractivity contribution >= 4 is 11.6 Å². The summed E-state index contributed by atoms with van der Waals surface area (Å²) >= 11 is 0. The summed E-state index contributed by atoms with van der Waals surface area (Å²) in [6.45, 7) is 1.91. The number of carbonyl (C=O) groups excluding carboxylic acids is 1. The number of nitrogens with two attached hydrogens (primary N) is 1. The van der Waals surface area contributed by atoms with Crippen molar-refractivity contribution in [2.75, 3.05) is 31.2 Å². The van der Waals surface area contributed by atoms with Crippen LogP contribution >= 0.6 is 0 Å². The molecule has 21 heavy (non-hydrogen) atoms. The van der Waals surface area contributed by atoms with E-state index in [1.54, 1.807) is 12.1 Å². The Kier molecular flexibility index (Phi) is 3.30. The molecule has 0 aromatic heterocycles. The fourth-order valence-corrected chi connectivity index (χ4v) is 3.37. The van der Waals surface area contributed by atoms with Crippen LogP contribution in [0.3, 0.4) is 0 Å². The molecule has 1 aromatic carbocycles. The Balaban J connectivity index is 1.92. The van der Waals surface area contributed by atoms with Crippen molar-refractivity contribution in [2.45, 2.75) is 6.42 Å². The van der Waals surface area contributed by atoms with Crippen LogP contribution in [0.15, 0.2) is 18.2 Å². The van der Waals surface area contributed by atoms with Crippen molar-refractivity contribution in [3.8, 4) is 6.07 Å². The number of rotatable bonds is 2. The average Bonchev–Trinajstić information content (AvgIpc) is 2.87. The third-order valence-electron chi connectivity index (χ3n) is 4.61. The van der Waals surface area contributed by atoms with Gasteiger partial charge in [-0.05, 0) is 24.6 Å². The monoisotopic (exact) mass is 289 g/mol. The van der Waals surface area contributed by atoms with Gasteiger partial charge in [0.05, 0.1) is 29.3 Å². The number of hydrogen-bond donors (Lipinski definition) is 1. The van der Waals surface area contributed by atoms with Crippen molar-refractivity contribution in [3.63, 3.8) is 0 Å². The molecule has 0 bridgehead atoms. The molecule has 1 aromatic rings. The molecule has 2 N–H and O–H groups in total. The van der Waals surface area contributed by atoms with Crippen LogP contribution in [0.5, 0.6) is 0 Å². The molecule has 2 aliphatic rings. The normalized spacial score (nSPS) is 28.0. The first kappa shape index (κ1) is 13.8. The molecule has 110 valence electrons. The second-order valence-electron chi connectivity index (χ2n) is 5.70. The second-order valence-corrected chi connectivity index (χ2v) is 5.70. The molecule has 2 aliphatic heterocycles. The van der Waals surface area contributed by atoms with Gasteiger partial charge in [0.15, 0.2) is 0 Å². The number of hydrogen-bond acceptors (Lipinski definition) is 4. The lowest BCUT2D eigenvalue weighted by Crippen LogP contribution is -2.48. The van der Waals surface area contributed by atoms with Crippen molar-refractivity contribution < 1.29 is 13.9 Å². The molecular formula is C15H16FN3O2. The van der Waals surface area contributed by atoms with Gasteiger partial charge in [0.1, 0.15) is 5.82 Å². The molecular weight excluding hydrogens is 273 g/mol. The van der Waals surface area contributed by atoms with E-state index < -0.39 is 11.2 Å². The van der Waals surface area contributed by atoms with Gasteiger partial charge in [-0.3, -0.25) is 4.79 Å². The van der Waals surface area contributed by atoms with Gasteiger partial charge in [0.2, 0.25) is 5.91 Å². The number of amides is 1. The molecule has 0 unspecified atom stereocenters. The maximum absolute atomic E-state index is 14.2. The summed E-state index contributed by atoms with van der Waals surface area (Å²) in [6.07, 6.45) is 0.571. The summed E-state index contributed by atoms with van der Waals surface area (Å²) in [6, 6.07) is 6.28. The van der Waals surface area contributed by atoms with Gasteiger partial charge < -0.3 is 15.4 Å². The van der Waals surface area contributed by atoms with Crippen LogP contribution < -0.4 is 10.6 Å². The zero-order chi connectivity index (χ0) is 15.0. The number of halogens is 1. The Morgan fingerprint density at radius 1 is 1.57 bits per heavy atom. The summed E-state index contributed by atoms with van der Waals surface area (Å²) in [5.74, 6) is -0.806. The lowest BCUT2D eigenvalue weighted by molar-refractivity contribution is -0.135. The molecule has 1 amide bonds. The molecule has 2 saturated heterocycles. The Labute approximate surface area is 122 Å². The predicted molar refractivity (Wildman–Crippen MR) is 73.9 cm³/mol. The van der Waals surface area contributed by atoms with Crippen molar-refractivity contribution in [1.82, 2.24) is 0 Å². The van der Waals surface area contributed by atoms with E-state index in [4.69, 9.17) is 15.7 Å². The third-order valence-corrected chi connectivity index (χ3v) is 4.61. The fourth-order valence-electron chi connectivity index (χ4n) is 3.37. The molecule has 5 nitrogen and oxygen atoms in total. The van der Waals surface area contributed by atoms with Crippen molar-refractivity contribution in [1.29, 1.82) is 5.26 Å². The molecule has 0 aliphatic carbocycles. The minimum Gasteiger partial charge on any atom is -0.381 e. The van der Waals surface area contributed by atoms with E-state index in [2.05, 4.69) is 0 Å². The van der Waals surface area contributed by atoms with Crippen LogP contribution in [0.4, 0.5) is 10.1 Å². The number of benzene rings is 1. The Morgan fingerprint density at radius 3 is 3.00 bits per heavy atom. The Hall–Kier alpha value is -2.13. The van der Waals surface area contributed by atoms with Gasteiger partial charge in [0.25, 0.3) is 0 Å². The minimum absolute atomic E-state index is 0.0150. The standard InChI is InChI=1S/C15H16FN3O2/c16-12-5-10(6-17)1-2-13(12)19-7-11-8-21-4-3-15(11,9-19)14(18)20/h1-2,5,11H,3-4,7-9H2,(H2,18,20)/t11-,15+/m1/s1. The number of carbonyl (C=O) groups is 1. The summed E-state index contributed by atoms with van der Waals surface area (Å²) in [7, 11) is 0. The predicted octanol–water partition coefficient (Wildman–Crippen LogP) is 1.03. The minimum atomic E-state index is -0.640. The van der Waals surface area contributed by atoms with Gasteiger partial charge >= 0.3 is 0 Å². The lowest BCUT2D eigenvalue weighted by atomic mass is 9.74. The zero-order valence-corrected chi connectivity index (χ0v) is 11.5. The summed E-state index contributed by atoms with van der Waals surface area (Å²) in [4.78, 5) is 13.8. The van der Waals surface area contributed by atoms with Gasteiger partial charge in [-0.15, -0.1) is 0 Å². The van der Waals surface area contributed by atoms with Crippen LogP contribution in [0.25, 0.3) is 0 Å². The molecule has 0 radical (unpaired) electrons. The fraction of sp³-hybridized carbons (Fsp3) is 0.467. The van der Waals surface area contributed by atoms with Crippen LogP contribution in [-0.4, -0.2) is 32.2 Å². The van der Waals surface area contributed by atoms with Crippen molar-refractivity contribution in [3.05, 3.63) is 29.6 Å². The average molecular weight is 289 g/mol. The van der Waals surface area contributed by atoms with Crippen LogP contribution in [0.1, 0.15) is 12.0 Å².